The highest BCUT2D eigenvalue weighted by molar-refractivity contribution is 7.07. The maximum absolute atomic E-state index is 10.6. The van der Waals surface area contributed by atoms with Crippen molar-refractivity contribution in [3.8, 4) is 0 Å². The van der Waals surface area contributed by atoms with Crippen LogP contribution in [0.2, 0.25) is 0 Å². The first-order valence-corrected chi connectivity index (χ1v) is 12.5. The number of carbonyl (C=O) groups is 2. The van der Waals surface area contributed by atoms with Gasteiger partial charge in [0.05, 0.1) is 6.61 Å². The molecule has 2 aromatic heterocycles. The number of aromatic nitrogens is 2. The lowest BCUT2D eigenvalue weighted by atomic mass is 9.71. The Morgan fingerprint density at radius 2 is 1.62 bits per heavy atom. The number of ether oxygens (including phenoxy) is 1. The van der Waals surface area contributed by atoms with Crippen LogP contribution < -0.4 is 4.90 Å². The summed E-state index contributed by atoms with van der Waals surface area (Å²) >= 11 is 1.79. The van der Waals surface area contributed by atoms with Crippen molar-refractivity contribution in [1.82, 2.24) is 14.9 Å². The zero-order valence-corrected chi connectivity index (χ0v) is 21.6. The fourth-order valence-corrected chi connectivity index (χ4v) is 5.17. The van der Waals surface area contributed by atoms with Crippen LogP contribution in [0, 0.1) is 11.3 Å². The molecule has 2 aliphatic heterocycles. The number of thiophene rings is 1. The highest BCUT2D eigenvalue weighted by atomic mass is 32.1. The van der Waals surface area contributed by atoms with Crippen LogP contribution >= 0.6 is 11.3 Å². The van der Waals surface area contributed by atoms with E-state index < -0.39 is 24.3 Å². The second kappa shape index (κ2) is 13.9. The molecule has 16 heteroatoms. The van der Waals surface area contributed by atoms with Crippen LogP contribution in [0.1, 0.15) is 18.4 Å². The molecule has 0 aromatic carbocycles. The quantitative estimate of drug-likeness (QED) is 0.498. The van der Waals surface area contributed by atoms with E-state index in [0.29, 0.717) is 11.3 Å². The number of hydrogen-bond donors (Lipinski definition) is 2. The Hall–Kier alpha value is -2.98. The SMILES string of the molecule is COCC1CN(Cc2ccsc2)CC12CCN(c1ncccn1)CC2.O=C(O)C(F)(F)F.O=C(O)C(F)(F)F. The monoisotopic (exact) mass is 586 g/mol. The molecule has 218 valence electrons. The lowest BCUT2D eigenvalue weighted by Gasteiger charge is -2.42. The molecule has 2 aromatic rings. The van der Waals surface area contributed by atoms with Gasteiger partial charge in [0.2, 0.25) is 5.95 Å². The number of rotatable bonds is 5. The Morgan fingerprint density at radius 1 is 1.08 bits per heavy atom. The van der Waals surface area contributed by atoms with Crippen LogP contribution in [0.15, 0.2) is 35.3 Å². The summed E-state index contributed by atoms with van der Waals surface area (Å²) in [4.78, 5) is 31.6. The van der Waals surface area contributed by atoms with Crippen LogP contribution in [0.3, 0.4) is 0 Å². The van der Waals surface area contributed by atoms with Crippen molar-refractivity contribution in [2.45, 2.75) is 31.7 Å². The summed E-state index contributed by atoms with van der Waals surface area (Å²) in [5.41, 5.74) is 1.81. The highest BCUT2D eigenvalue weighted by Crippen LogP contribution is 2.45. The molecule has 2 fully saturated rings. The number of aliphatic carboxylic acids is 2. The van der Waals surface area contributed by atoms with Crippen LogP contribution in [-0.4, -0.2) is 89.3 Å². The van der Waals surface area contributed by atoms with Crippen molar-refractivity contribution in [2.75, 3.05) is 44.8 Å². The Labute approximate surface area is 224 Å². The van der Waals surface area contributed by atoms with Gasteiger partial charge in [-0.1, -0.05) is 0 Å². The van der Waals surface area contributed by atoms with Crippen molar-refractivity contribution in [3.05, 3.63) is 40.8 Å². The van der Waals surface area contributed by atoms with Gasteiger partial charge in [-0.25, -0.2) is 19.6 Å². The molecule has 0 amide bonds. The summed E-state index contributed by atoms with van der Waals surface area (Å²) in [5, 5.41) is 18.7. The number of halogens is 6. The van der Waals surface area contributed by atoms with E-state index in [9.17, 15) is 26.3 Å². The summed E-state index contributed by atoms with van der Waals surface area (Å²) < 4.78 is 69.1. The molecule has 2 saturated heterocycles. The third kappa shape index (κ3) is 9.93. The number of alkyl halides is 6. The number of hydrogen-bond acceptors (Lipinski definition) is 8. The van der Waals surface area contributed by atoms with E-state index >= 15 is 0 Å². The number of methoxy groups -OCH3 is 1. The minimum absolute atomic E-state index is 0.372. The zero-order valence-electron chi connectivity index (χ0n) is 20.8. The molecule has 0 radical (unpaired) electrons. The molecule has 2 N–H and O–H groups in total. The average Bonchev–Trinajstić information content (AvgIpc) is 3.48. The van der Waals surface area contributed by atoms with Gasteiger partial charge in [0, 0.05) is 58.1 Å². The predicted molar refractivity (Wildman–Crippen MR) is 128 cm³/mol. The Bertz CT molecular complexity index is 1010. The van der Waals surface area contributed by atoms with E-state index in [0.717, 1.165) is 38.7 Å². The molecule has 9 nitrogen and oxygen atoms in total. The Balaban J connectivity index is 0.000000317. The summed E-state index contributed by atoms with van der Waals surface area (Å²) in [6, 6.07) is 4.12. The lowest BCUT2D eigenvalue weighted by Crippen LogP contribution is -2.45. The first-order valence-electron chi connectivity index (χ1n) is 11.5. The minimum Gasteiger partial charge on any atom is -0.475 e. The summed E-state index contributed by atoms with van der Waals surface area (Å²) in [7, 11) is 1.84. The van der Waals surface area contributed by atoms with Crippen molar-refractivity contribution in [3.63, 3.8) is 0 Å². The second-order valence-electron chi connectivity index (χ2n) is 8.96. The fraction of sp³-hybridized carbons (Fsp3) is 0.565. The Kier molecular flexibility index (Phi) is 11.5. The fourth-order valence-electron chi connectivity index (χ4n) is 4.51. The first kappa shape index (κ1) is 32.2. The molecule has 2 aliphatic rings. The van der Waals surface area contributed by atoms with E-state index in [1.165, 1.54) is 24.9 Å². The van der Waals surface area contributed by atoms with Gasteiger partial charge in [0.25, 0.3) is 0 Å². The smallest absolute Gasteiger partial charge is 0.475 e. The number of anilines is 1. The third-order valence-electron chi connectivity index (χ3n) is 6.32. The summed E-state index contributed by atoms with van der Waals surface area (Å²) in [6.07, 6.45) is -4.12. The molecule has 1 unspecified atom stereocenters. The van der Waals surface area contributed by atoms with E-state index in [4.69, 9.17) is 24.5 Å². The third-order valence-corrected chi connectivity index (χ3v) is 7.05. The Morgan fingerprint density at radius 3 is 2.05 bits per heavy atom. The molecule has 0 saturated carbocycles. The summed E-state index contributed by atoms with van der Waals surface area (Å²) in [6.45, 7) is 6.33. The van der Waals surface area contributed by atoms with Gasteiger partial charge < -0.3 is 19.8 Å². The molecule has 4 rings (SSSR count). The molecule has 39 heavy (non-hydrogen) atoms. The van der Waals surface area contributed by atoms with Crippen LogP contribution in [-0.2, 0) is 20.9 Å². The van der Waals surface area contributed by atoms with Gasteiger partial charge >= 0.3 is 24.3 Å². The van der Waals surface area contributed by atoms with Gasteiger partial charge in [0.1, 0.15) is 0 Å². The predicted octanol–water partition coefficient (Wildman–Crippen LogP) is 4.17. The van der Waals surface area contributed by atoms with Crippen LogP contribution in [0.4, 0.5) is 32.3 Å². The molecule has 1 spiro atoms. The van der Waals surface area contributed by atoms with Gasteiger partial charge in [-0.3, -0.25) is 4.90 Å². The number of nitrogens with zero attached hydrogens (tertiary/aromatic N) is 4. The van der Waals surface area contributed by atoms with Crippen molar-refractivity contribution in [1.29, 1.82) is 0 Å². The molecular weight excluding hydrogens is 558 g/mol. The highest BCUT2D eigenvalue weighted by Gasteiger charge is 2.48. The lowest BCUT2D eigenvalue weighted by molar-refractivity contribution is -0.193. The molecule has 0 aliphatic carbocycles. The maximum atomic E-state index is 10.6. The van der Waals surface area contributed by atoms with E-state index in [1.54, 1.807) is 11.3 Å². The zero-order chi connectivity index (χ0) is 29.3. The van der Waals surface area contributed by atoms with E-state index in [2.05, 4.69) is 36.6 Å². The first-order chi connectivity index (χ1) is 18.2. The van der Waals surface area contributed by atoms with Crippen molar-refractivity contribution in [2.24, 2.45) is 11.3 Å². The topological polar surface area (TPSA) is 116 Å². The standard InChI is InChI=1S/C19H26N4OS.2C2HF3O2/c1-24-13-17-12-22(11-16-3-10-25-14-16)15-19(17)4-8-23(9-5-19)18-20-6-2-7-21-18;2*3-2(4,5)1(6)7/h2-3,6-7,10,14,17H,4-5,8-9,11-13,15H2,1H3;2*(H,6,7). The maximum Gasteiger partial charge on any atom is 0.490 e. The number of carboxylic acids is 2. The normalized spacial score (nSPS) is 19.1. The number of piperidine rings is 1. The van der Waals surface area contributed by atoms with E-state index in [1.807, 2.05) is 25.6 Å². The van der Waals surface area contributed by atoms with E-state index in [-0.39, 0.29) is 0 Å². The van der Waals surface area contributed by atoms with Crippen LogP contribution in [0.5, 0.6) is 0 Å². The van der Waals surface area contributed by atoms with Gasteiger partial charge in [0.15, 0.2) is 0 Å². The largest absolute Gasteiger partial charge is 0.490 e. The summed E-state index contributed by atoms with van der Waals surface area (Å²) in [5.74, 6) is -4.02. The molecule has 0 bridgehead atoms. The second-order valence-corrected chi connectivity index (χ2v) is 9.74. The van der Waals surface area contributed by atoms with Crippen molar-refractivity contribution >= 4 is 29.2 Å². The van der Waals surface area contributed by atoms with Crippen molar-refractivity contribution < 1.29 is 50.9 Å². The van der Waals surface area contributed by atoms with Crippen LogP contribution in [0.25, 0.3) is 0 Å². The molecule has 1 atom stereocenters. The molecular formula is C23H28F6N4O5S. The molecule has 4 heterocycles. The average molecular weight is 587 g/mol. The minimum atomic E-state index is -5.08. The van der Waals surface area contributed by atoms with Gasteiger partial charge in [-0.05, 0) is 46.7 Å². The van der Waals surface area contributed by atoms with Gasteiger partial charge in [-0.2, -0.15) is 37.7 Å². The number of likely N-dealkylation sites (tertiary alicyclic amines) is 1. The van der Waals surface area contributed by atoms with Gasteiger partial charge in [-0.15, -0.1) is 0 Å². The number of carboxylic acid groups (broad SMARTS) is 2.